The summed E-state index contributed by atoms with van der Waals surface area (Å²) >= 11 is 0. The Hall–Kier alpha value is -1.62. The molecule has 0 aliphatic carbocycles. The number of anilines is 1. The number of nitrogens with zero attached hydrogens (tertiary/aromatic N) is 4. The van der Waals surface area contributed by atoms with E-state index in [2.05, 4.69) is 16.1 Å². The Morgan fingerprint density at radius 3 is 2.72 bits per heavy atom. The molecule has 2 unspecified atom stereocenters. The quantitative estimate of drug-likeness (QED) is 0.817. The van der Waals surface area contributed by atoms with E-state index >= 15 is 0 Å². The molecular formula is C13H17N5. The number of hydrogen-bond donors (Lipinski definition) is 1. The van der Waals surface area contributed by atoms with Crippen molar-refractivity contribution < 1.29 is 0 Å². The third kappa shape index (κ3) is 1.43. The SMILES string of the molecule is NC1CC2CCC(C1)N2c1ccn2nccc2n1. The summed E-state index contributed by atoms with van der Waals surface area (Å²) in [6.45, 7) is 0. The summed E-state index contributed by atoms with van der Waals surface area (Å²) in [5.41, 5.74) is 7.03. The molecule has 2 aliphatic heterocycles. The lowest BCUT2D eigenvalue weighted by molar-refractivity contribution is 0.412. The van der Waals surface area contributed by atoms with Crippen molar-refractivity contribution in [2.75, 3.05) is 4.90 Å². The van der Waals surface area contributed by atoms with Crippen LogP contribution in [0.5, 0.6) is 0 Å². The fourth-order valence-corrected chi connectivity index (χ4v) is 3.54. The summed E-state index contributed by atoms with van der Waals surface area (Å²) in [5, 5.41) is 4.19. The minimum atomic E-state index is 0.373. The van der Waals surface area contributed by atoms with Gasteiger partial charge in [0.1, 0.15) is 5.82 Å². The summed E-state index contributed by atoms with van der Waals surface area (Å²) in [6.07, 6.45) is 8.48. The van der Waals surface area contributed by atoms with E-state index in [0.29, 0.717) is 18.1 Å². The van der Waals surface area contributed by atoms with Gasteiger partial charge >= 0.3 is 0 Å². The van der Waals surface area contributed by atoms with Gasteiger partial charge in [0, 0.05) is 30.4 Å². The van der Waals surface area contributed by atoms with Crippen LogP contribution < -0.4 is 10.6 Å². The maximum absolute atomic E-state index is 6.11. The topological polar surface area (TPSA) is 59.5 Å². The van der Waals surface area contributed by atoms with Gasteiger partial charge in [-0.15, -0.1) is 0 Å². The van der Waals surface area contributed by atoms with Crippen LogP contribution in [0.2, 0.25) is 0 Å². The molecule has 0 spiro atoms. The number of rotatable bonds is 1. The van der Waals surface area contributed by atoms with Gasteiger partial charge < -0.3 is 10.6 Å². The second-order valence-corrected chi connectivity index (χ2v) is 5.44. The van der Waals surface area contributed by atoms with Crippen LogP contribution in [0.3, 0.4) is 0 Å². The molecule has 94 valence electrons. The second-order valence-electron chi connectivity index (χ2n) is 5.44. The van der Waals surface area contributed by atoms with E-state index in [1.165, 1.54) is 12.8 Å². The Morgan fingerprint density at radius 1 is 1.17 bits per heavy atom. The van der Waals surface area contributed by atoms with Crippen molar-refractivity contribution in [2.24, 2.45) is 5.73 Å². The van der Waals surface area contributed by atoms with Gasteiger partial charge in [-0.2, -0.15) is 5.10 Å². The Labute approximate surface area is 106 Å². The van der Waals surface area contributed by atoms with Crippen LogP contribution in [0.1, 0.15) is 25.7 Å². The van der Waals surface area contributed by atoms with Crippen LogP contribution in [0.4, 0.5) is 5.82 Å². The molecule has 2 saturated heterocycles. The van der Waals surface area contributed by atoms with E-state index in [4.69, 9.17) is 10.7 Å². The van der Waals surface area contributed by atoms with Crippen molar-refractivity contribution >= 4 is 11.5 Å². The molecule has 4 heterocycles. The Bertz CT molecular complexity index is 564. The molecule has 2 N–H and O–H groups in total. The predicted octanol–water partition coefficient (Wildman–Crippen LogP) is 1.19. The van der Waals surface area contributed by atoms with Crippen LogP contribution in [0.25, 0.3) is 5.65 Å². The predicted molar refractivity (Wildman–Crippen MR) is 69.5 cm³/mol. The molecule has 2 aromatic heterocycles. The maximum Gasteiger partial charge on any atom is 0.157 e. The summed E-state index contributed by atoms with van der Waals surface area (Å²) in [6, 6.07) is 5.55. The number of aromatic nitrogens is 3. The summed E-state index contributed by atoms with van der Waals surface area (Å²) < 4.78 is 1.81. The van der Waals surface area contributed by atoms with Gasteiger partial charge in [0.25, 0.3) is 0 Å². The van der Waals surface area contributed by atoms with E-state index in [0.717, 1.165) is 24.3 Å². The minimum absolute atomic E-state index is 0.373. The van der Waals surface area contributed by atoms with E-state index < -0.39 is 0 Å². The molecule has 4 rings (SSSR count). The zero-order valence-corrected chi connectivity index (χ0v) is 10.2. The molecule has 2 aromatic rings. The lowest BCUT2D eigenvalue weighted by Crippen LogP contribution is -2.47. The molecule has 0 radical (unpaired) electrons. The Morgan fingerprint density at radius 2 is 1.94 bits per heavy atom. The van der Waals surface area contributed by atoms with Gasteiger partial charge in [-0.1, -0.05) is 0 Å². The second kappa shape index (κ2) is 3.68. The fraction of sp³-hybridized carbons (Fsp3) is 0.538. The number of piperidine rings is 1. The van der Waals surface area contributed by atoms with Crippen LogP contribution in [0, 0.1) is 0 Å². The van der Waals surface area contributed by atoms with Crippen LogP contribution in [-0.4, -0.2) is 32.7 Å². The first-order chi connectivity index (χ1) is 8.81. The van der Waals surface area contributed by atoms with Gasteiger partial charge in [-0.25, -0.2) is 9.50 Å². The van der Waals surface area contributed by atoms with Gasteiger partial charge in [-0.05, 0) is 31.7 Å². The smallest absolute Gasteiger partial charge is 0.157 e. The first kappa shape index (κ1) is 10.3. The lowest BCUT2D eigenvalue weighted by atomic mass is 9.98. The van der Waals surface area contributed by atoms with Gasteiger partial charge in [0.15, 0.2) is 5.65 Å². The van der Waals surface area contributed by atoms with Crippen molar-refractivity contribution in [3.05, 3.63) is 24.5 Å². The highest BCUT2D eigenvalue weighted by atomic mass is 15.3. The minimum Gasteiger partial charge on any atom is -0.350 e. The average Bonchev–Trinajstić information content (AvgIpc) is 2.91. The summed E-state index contributed by atoms with van der Waals surface area (Å²) in [7, 11) is 0. The molecule has 5 nitrogen and oxygen atoms in total. The van der Waals surface area contributed by atoms with Gasteiger partial charge in [-0.3, -0.25) is 0 Å². The lowest BCUT2D eigenvalue weighted by Gasteiger charge is -2.38. The standard InChI is InChI=1S/C13H17N5/c14-9-7-10-1-2-11(8-9)18(10)13-4-6-17-12(16-13)3-5-15-17/h3-6,9-11H,1-2,7-8,14H2. The fourth-order valence-electron chi connectivity index (χ4n) is 3.54. The molecule has 2 fully saturated rings. The maximum atomic E-state index is 6.11. The first-order valence-electron chi connectivity index (χ1n) is 6.65. The third-order valence-corrected chi connectivity index (χ3v) is 4.28. The van der Waals surface area contributed by atoms with Crippen molar-refractivity contribution in [1.29, 1.82) is 0 Å². The van der Waals surface area contributed by atoms with E-state index in [-0.39, 0.29) is 0 Å². The van der Waals surface area contributed by atoms with E-state index in [1.807, 2.05) is 12.3 Å². The highest BCUT2D eigenvalue weighted by Gasteiger charge is 2.40. The highest BCUT2D eigenvalue weighted by Crippen LogP contribution is 2.37. The molecule has 2 atom stereocenters. The normalized spacial score (nSPS) is 31.2. The highest BCUT2D eigenvalue weighted by molar-refractivity contribution is 5.50. The molecule has 5 heteroatoms. The number of nitrogens with two attached hydrogens (primary N) is 1. The van der Waals surface area contributed by atoms with Crippen molar-refractivity contribution in [3.63, 3.8) is 0 Å². The zero-order valence-electron chi connectivity index (χ0n) is 10.2. The van der Waals surface area contributed by atoms with Crippen molar-refractivity contribution in [1.82, 2.24) is 14.6 Å². The number of fused-ring (bicyclic) bond motifs is 3. The van der Waals surface area contributed by atoms with Crippen molar-refractivity contribution in [3.8, 4) is 0 Å². The summed E-state index contributed by atoms with van der Waals surface area (Å²) in [5.74, 6) is 1.09. The molecular weight excluding hydrogens is 226 g/mol. The zero-order chi connectivity index (χ0) is 12.1. The van der Waals surface area contributed by atoms with E-state index in [9.17, 15) is 0 Å². The van der Waals surface area contributed by atoms with Crippen LogP contribution in [0.15, 0.2) is 24.5 Å². The monoisotopic (exact) mass is 243 g/mol. The Balaban J connectivity index is 1.74. The van der Waals surface area contributed by atoms with Gasteiger partial charge in [0.05, 0.1) is 6.20 Å². The van der Waals surface area contributed by atoms with E-state index in [1.54, 1.807) is 10.7 Å². The van der Waals surface area contributed by atoms with Gasteiger partial charge in [0.2, 0.25) is 0 Å². The van der Waals surface area contributed by atoms with Crippen LogP contribution >= 0.6 is 0 Å². The van der Waals surface area contributed by atoms with Crippen molar-refractivity contribution in [2.45, 2.75) is 43.8 Å². The number of hydrogen-bond acceptors (Lipinski definition) is 4. The first-order valence-corrected chi connectivity index (χ1v) is 6.65. The Kier molecular flexibility index (Phi) is 2.11. The molecule has 2 bridgehead atoms. The molecule has 0 amide bonds. The third-order valence-electron chi connectivity index (χ3n) is 4.28. The van der Waals surface area contributed by atoms with Crippen LogP contribution in [-0.2, 0) is 0 Å². The molecule has 18 heavy (non-hydrogen) atoms. The molecule has 0 saturated carbocycles. The summed E-state index contributed by atoms with van der Waals surface area (Å²) in [4.78, 5) is 7.19. The average molecular weight is 243 g/mol. The molecule has 2 aliphatic rings. The molecule has 0 aromatic carbocycles. The largest absolute Gasteiger partial charge is 0.350 e.